The normalized spacial score (nSPS) is 10.7. The monoisotopic (exact) mass is 363 g/mol. The topological polar surface area (TPSA) is 62.7 Å². The quantitative estimate of drug-likeness (QED) is 0.540. The SMILES string of the molecule is Fc1ccc(CNc2ncc3c(Nc4ccc(F)cc4)nccc3n2)cc1. The van der Waals surface area contributed by atoms with Crippen LogP contribution in [0.4, 0.5) is 26.2 Å². The molecule has 7 heteroatoms. The lowest BCUT2D eigenvalue weighted by Crippen LogP contribution is -2.04. The summed E-state index contributed by atoms with van der Waals surface area (Å²) in [5, 5.41) is 7.01. The van der Waals surface area contributed by atoms with Crippen LogP contribution in [0, 0.1) is 11.6 Å². The number of fused-ring (bicyclic) bond motifs is 1. The Hall–Kier alpha value is -3.61. The molecule has 134 valence electrons. The molecule has 0 unspecified atom stereocenters. The first-order chi connectivity index (χ1) is 13.2. The Kier molecular flexibility index (Phi) is 4.57. The summed E-state index contributed by atoms with van der Waals surface area (Å²) < 4.78 is 26.0. The molecule has 0 saturated carbocycles. The van der Waals surface area contributed by atoms with E-state index in [9.17, 15) is 8.78 Å². The number of benzene rings is 2. The standard InChI is InChI=1S/C20H15F2N5/c21-14-3-1-13(2-4-14)11-24-20-25-12-17-18(27-20)9-10-23-19(17)26-16-7-5-15(22)6-8-16/h1-10,12H,11H2,(H,23,26)(H,24,25,27). The van der Waals surface area contributed by atoms with E-state index in [-0.39, 0.29) is 11.6 Å². The average molecular weight is 363 g/mol. The highest BCUT2D eigenvalue weighted by molar-refractivity contribution is 5.90. The number of nitrogens with zero attached hydrogens (tertiary/aromatic N) is 3. The molecular formula is C20H15F2N5. The first-order valence-electron chi connectivity index (χ1n) is 8.30. The Bertz CT molecular complexity index is 1070. The maximum atomic E-state index is 13.0. The third-order valence-electron chi connectivity index (χ3n) is 3.98. The van der Waals surface area contributed by atoms with Crippen molar-refractivity contribution in [1.82, 2.24) is 15.0 Å². The largest absolute Gasteiger partial charge is 0.350 e. The van der Waals surface area contributed by atoms with Gasteiger partial charge in [-0.25, -0.2) is 23.7 Å². The van der Waals surface area contributed by atoms with Crippen LogP contribution in [0.3, 0.4) is 0 Å². The third-order valence-corrected chi connectivity index (χ3v) is 3.98. The summed E-state index contributed by atoms with van der Waals surface area (Å²) in [6, 6.07) is 14.0. The predicted molar refractivity (Wildman–Crippen MR) is 101 cm³/mol. The second kappa shape index (κ2) is 7.33. The maximum Gasteiger partial charge on any atom is 0.223 e. The highest BCUT2D eigenvalue weighted by Gasteiger charge is 2.07. The third kappa shape index (κ3) is 3.98. The van der Waals surface area contributed by atoms with Crippen LogP contribution >= 0.6 is 0 Å². The molecule has 2 heterocycles. The second-order valence-corrected chi connectivity index (χ2v) is 5.90. The van der Waals surface area contributed by atoms with Crippen LogP contribution in [0.15, 0.2) is 67.0 Å². The smallest absolute Gasteiger partial charge is 0.223 e. The Morgan fingerprint density at radius 3 is 2.26 bits per heavy atom. The van der Waals surface area contributed by atoms with Crippen molar-refractivity contribution in [3.8, 4) is 0 Å². The molecule has 0 amide bonds. The minimum absolute atomic E-state index is 0.269. The van der Waals surface area contributed by atoms with Gasteiger partial charge in [0.25, 0.3) is 0 Å². The zero-order valence-corrected chi connectivity index (χ0v) is 14.2. The molecule has 0 aliphatic rings. The van der Waals surface area contributed by atoms with Gasteiger partial charge in [0.2, 0.25) is 5.95 Å². The second-order valence-electron chi connectivity index (χ2n) is 5.90. The van der Waals surface area contributed by atoms with Crippen LogP contribution in [-0.4, -0.2) is 15.0 Å². The van der Waals surface area contributed by atoms with Gasteiger partial charge >= 0.3 is 0 Å². The summed E-state index contributed by atoms with van der Waals surface area (Å²) in [7, 11) is 0. The van der Waals surface area contributed by atoms with E-state index in [1.807, 2.05) is 0 Å². The lowest BCUT2D eigenvalue weighted by atomic mass is 10.2. The first-order valence-corrected chi connectivity index (χ1v) is 8.30. The van der Waals surface area contributed by atoms with Gasteiger partial charge in [0, 0.05) is 24.6 Å². The summed E-state index contributed by atoms with van der Waals surface area (Å²) in [6.45, 7) is 0.484. The molecule has 4 rings (SSSR count). The number of rotatable bonds is 5. The fraction of sp³-hybridized carbons (Fsp3) is 0.0500. The molecule has 0 aliphatic carbocycles. The van der Waals surface area contributed by atoms with Crippen LogP contribution in [0.25, 0.3) is 10.9 Å². The average Bonchev–Trinajstić information content (AvgIpc) is 2.69. The van der Waals surface area contributed by atoms with Gasteiger partial charge in [-0.2, -0.15) is 0 Å². The van der Waals surface area contributed by atoms with Gasteiger partial charge in [0.15, 0.2) is 0 Å². The van der Waals surface area contributed by atoms with E-state index in [0.29, 0.717) is 23.8 Å². The Balaban J connectivity index is 1.54. The van der Waals surface area contributed by atoms with Crippen molar-refractivity contribution >= 4 is 28.4 Å². The van der Waals surface area contributed by atoms with E-state index in [1.54, 1.807) is 42.7 Å². The van der Waals surface area contributed by atoms with E-state index in [4.69, 9.17) is 0 Å². The van der Waals surface area contributed by atoms with Crippen molar-refractivity contribution in [3.05, 3.63) is 84.2 Å². The molecule has 0 bridgehead atoms. The summed E-state index contributed by atoms with van der Waals surface area (Å²) in [6.07, 6.45) is 3.32. The zero-order valence-electron chi connectivity index (χ0n) is 14.2. The van der Waals surface area contributed by atoms with Gasteiger partial charge in [-0.3, -0.25) is 0 Å². The van der Waals surface area contributed by atoms with E-state index < -0.39 is 0 Å². The number of nitrogens with one attached hydrogen (secondary N) is 2. The molecule has 0 aliphatic heterocycles. The van der Waals surface area contributed by atoms with Gasteiger partial charge in [-0.1, -0.05) is 12.1 Å². The molecule has 2 N–H and O–H groups in total. The Labute approximate surface area is 154 Å². The van der Waals surface area contributed by atoms with Gasteiger partial charge in [0.1, 0.15) is 17.5 Å². The molecule has 0 saturated heterocycles. The minimum atomic E-state index is -0.299. The molecular weight excluding hydrogens is 348 g/mol. The van der Waals surface area contributed by atoms with Crippen molar-refractivity contribution in [2.24, 2.45) is 0 Å². The number of pyridine rings is 1. The van der Waals surface area contributed by atoms with E-state index in [2.05, 4.69) is 25.6 Å². The highest BCUT2D eigenvalue weighted by atomic mass is 19.1. The number of hydrogen-bond acceptors (Lipinski definition) is 5. The Morgan fingerprint density at radius 2 is 1.52 bits per heavy atom. The maximum absolute atomic E-state index is 13.0. The van der Waals surface area contributed by atoms with Crippen molar-refractivity contribution in [2.75, 3.05) is 10.6 Å². The molecule has 0 atom stereocenters. The molecule has 5 nitrogen and oxygen atoms in total. The molecule has 2 aromatic heterocycles. The molecule has 0 radical (unpaired) electrons. The molecule has 4 aromatic rings. The van der Waals surface area contributed by atoms with Crippen molar-refractivity contribution in [1.29, 1.82) is 0 Å². The van der Waals surface area contributed by atoms with Crippen molar-refractivity contribution in [2.45, 2.75) is 6.54 Å². The van der Waals surface area contributed by atoms with Crippen molar-refractivity contribution in [3.63, 3.8) is 0 Å². The number of aromatic nitrogens is 3. The van der Waals surface area contributed by atoms with Gasteiger partial charge in [0.05, 0.1) is 10.9 Å². The van der Waals surface area contributed by atoms with Crippen molar-refractivity contribution < 1.29 is 8.78 Å². The van der Waals surface area contributed by atoms with Crippen LogP contribution < -0.4 is 10.6 Å². The number of anilines is 3. The van der Waals surface area contributed by atoms with Gasteiger partial charge in [-0.05, 0) is 48.0 Å². The molecule has 27 heavy (non-hydrogen) atoms. The minimum Gasteiger partial charge on any atom is -0.350 e. The first kappa shape index (κ1) is 16.8. The van der Waals surface area contributed by atoms with Crippen LogP contribution in [0.2, 0.25) is 0 Å². The van der Waals surface area contributed by atoms with E-state index in [1.165, 1.54) is 24.3 Å². The van der Waals surface area contributed by atoms with Gasteiger partial charge in [-0.15, -0.1) is 0 Å². The molecule has 2 aromatic carbocycles. The van der Waals surface area contributed by atoms with Crippen LogP contribution in [0.5, 0.6) is 0 Å². The fourth-order valence-corrected chi connectivity index (χ4v) is 2.59. The number of halogens is 2. The van der Waals surface area contributed by atoms with Crippen LogP contribution in [0.1, 0.15) is 5.56 Å². The zero-order chi connectivity index (χ0) is 18.6. The summed E-state index contributed by atoms with van der Waals surface area (Å²) in [4.78, 5) is 13.1. The molecule has 0 spiro atoms. The van der Waals surface area contributed by atoms with E-state index >= 15 is 0 Å². The Morgan fingerprint density at radius 1 is 0.815 bits per heavy atom. The van der Waals surface area contributed by atoms with E-state index in [0.717, 1.165) is 16.6 Å². The number of hydrogen-bond donors (Lipinski definition) is 2. The highest BCUT2D eigenvalue weighted by Crippen LogP contribution is 2.23. The van der Waals surface area contributed by atoms with Crippen LogP contribution in [-0.2, 0) is 6.54 Å². The summed E-state index contributed by atoms with van der Waals surface area (Å²) in [5.74, 6) is 0.482. The fourth-order valence-electron chi connectivity index (χ4n) is 2.59. The van der Waals surface area contributed by atoms with Gasteiger partial charge < -0.3 is 10.6 Å². The summed E-state index contributed by atoms with van der Waals surface area (Å²) >= 11 is 0. The molecule has 0 fully saturated rings. The lowest BCUT2D eigenvalue weighted by Gasteiger charge is -2.10. The predicted octanol–water partition coefficient (Wildman–Crippen LogP) is 4.66. The summed E-state index contributed by atoms with van der Waals surface area (Å²) in [5.41, 5.74) is 2.36. The lowest BCUT2D eigenvalue weighted by molar-refractivity contribution is 0.627.